The largest absolute Gasteiger partial charge is 0.493 e. The summed E-state index contributed by atoms with van der Waals surface area (Å²) >= 11 is 1.59. The van der Waals surface area contributed by atoms with Crippen LogP contribution in [0.4, 0.5) is 5.69 Å². The number of methoxy groups -OCH3 is 2. The Kier molecular flexibility index (Phi) is 6.90. The van der Waals surface area contributed by atoms with Crippen molar-refractivity contribution >= 4 is 22.9 Å². The third-order valence-electron chi connectivity index (χ3n) is 4.98. The van der Waals surface area contributed by atoms with E-state index in [4.69, 9.17) is 14.2 Å². The van der Waals surface area contributed by atoms with Crippen LogP contribution in [0.25, 0.3) is 11.3 Å². The average molecular weight is 461 g/mol. The van der Waals surface area contributed by atoms with Gasteiger partial charge in [0.2, 0.25) is 5.75 Å². The Balaban J connectivity index is 1.55. The fourth-order valence-corrected chi connectivity index (χ4v) is 3.96. The zero-order valence-corrected chi connectivity index (χ0v) is 19.4. The number of aromatic nitrogens is 1. The van der Waals surface area contributed by atoms with Crippen LogP contribution in [0.3, 0.4) is 0 Å². The Morgan fingerprint density at radius 3 is 2.33 bits per heavy atom. The van der Waals surface area contributed by atoms with Crippen LogP contribution in [-0.4, -0.2) is 25.1 Å². The van der Waals surface area contributed by atoms with E-state index in [9.17, 15) is 4.79 Å². The number of anilines is 1. The fraction of sp³-hybridized carbons (Fsp3) is 0.154. The summed E-state index contributed by atoms with van der Waals surface area (Å²) in [5.74, 6) is 0.999. The summed E-state index contributed by atoms with van der Waals surface area (Å²) in [5, 5.41) is 5.93. The van der Waals surface area contributed by atoms with Crippen LogP contribution in [0.5, 0.6) is 17.2 Å². The lowest BCUT2D eigenvalue weighted by atomic mass is 10.1. The standard InChI is InChI=1S/C26H24N2O4S/c1-17-27-22(16-33-17)19-10-7-11-21(12-19)28-26(29)20-13-23(30-2)25(24(14-20)31-3)32-15-18-8-5-4-6-9-18/h4-14,16H,15H2,1-3H3,(H,28,29). The van der Waals surface area contributed by atoms with E-state index in [0.29, 0.717) is 35.1 Å². The van der Waals surface area contributed by atoms with E-state index in [1.807, 2.05) is 66.9 Å². The second kappa shape index (κ2) is 10.2. The molecule has 6 nitrogen and oxygen atoms in total. The third kappa shape index (κ3) is 5.32. The van der Waals surface area contributed by atoms with Gasteiger partial charge >= 0.3 is 0 Å². The van der Waals surface area contributed by atoms with E-state index >= 15 is 0 Å². The predicted molar refractivity (Wildman–Crippen MR) is 131 cm³/mol. The zero-order chi connectivity index (χ0) is 23.2. The predicted octanol–water partition coefficient (Wildman–Crippen LogP) is 5.97. The quantitative estimate of drug-likeness (QED) is 0.351. The number of hydrogen-bond donors (Lipinski definition) is 1. The molecule has 0 saturated carbocycles. The van der Waals surface area contributed by atoms with E-state index in [2.05, 4.69) is 10.3 Å². The molecule has 1 aromatic heterocycles. The van der Waals surface area contributed by atoms with Crippen molar-refractivity contribution in [2.75, 3.05) is 19.5 Å². The maximum absolute atomic E-state index is 13.0. The minimum Gasteiger partial charge on any atom is -0.493 e. The van der Waals surface area contributed by atoms with E-state index in [1.165, 1.54) is 14.2 Å². The number of benzene rings is 3. The fourth-order valence-electron chi connectivity index (χ4n) is 3.34. The number of carbonyl (C=O) groups is 1. The van der Waals surface area contributed by atoms with Gasteiger partial charge in [0.1, 0.15) is 6.61 Å². The van der Waals surface area contributed by atoms with Crippen molar-refractivity contribution in [3.05, 3.63) is 88.2 Å². The van der Waals surface area contributed by atoms with Crippen molar-refractivity contribution in [3.63, 3.8) is 0 Å². The van der Waals surface area contributed by atoms with Crippen LogP contribution >= 0.6 is 11.3 Å². The minimum absolute atomic E-state index is 0.284. The van der Waals surface area contributed by atoms with Crippen LogP contribution in [0, 0.1) is 6.92 Å². The molecule has 0 radical (unpaired) electrons. The highest BCUT2D eigenvalue weighted by Crippen LogP contribution is 2.39. The highest BCUT2D eigenvalue weighted by Gasteiger charge is 2.18. The summed E-state index contributed by atoms with van der Waals surface area (Å²) in [5.41, 5.74) is 3.91. The number of nitrogens with zero attached hydrogens (tertiary/aromatic N) is 1. The normalized spacial score (nSPS) is 10.5. The van der Waals surface area contributed by atoms with Crippen LogP contribution < -0.4 is 19.5 Å². The second-order valence-corrected chi connectivity index (χ2v) is 8.33. The van der Waals surface area contributed by atoms with Gasteiger partial charge in [0.05, 0.1) is 24.9 Å². The Labute approximate surface area is 196 Å². The highest BCUT2D eigenvalue weighted by molar-refractivity contribution is 7.09. The summed E-state index contributed by atoms with van der Waals surface area (Å²) in [6.07, 6.45) is 0. The van der Waals surface area contributed by atoms with E-state index < -0.39 is 0 Å². The minimum atomic E-state index is -0.284. The van der Waals surface area contributed by atoms with Gasteiger partial charge < -0.3 is 19.5 Å². The zero-order valence-electron chi connectivity index (χ0n) is 18.6. The van der Waals surface area contributed by atoms with E-state index in [0.717, 1.165) is 21.8 Å². The molecule has 3 aromatic carbocycles. The molecule has 0 saturated heterocycles. The first kappa shape index (κ1) is 22.4. The van der Waals surface area contributed by atoms with Gasteiger partial charge in [0.25, 0.3) is 5.91 Å². The first-order chi connectivity index (χ1) is 16.1. The molecule has 0 aliphatic heterocycles. The summed E-state index contributed by atoms with van der Waals surface area (Å²) in [7, 11) is 3.07. The van der Waals surface area contributed by atoms with Crippen LogP contribution in [-0.2, 0) is 6.61 Å². The second-order valence-electron chi connectivity index (χ2n) is 7.27. The number of ether oxygens (including phenoxy) is 3. The molecule has 0 atom stereocenters. The number of thiazole rings is 1. The Morgan fingerprint density at radius 2 is 1.70 bits per heavy atom. The monoisotopic (exact) mass is 460 g/mol. The summed E-state index contributed by atoms with van der Waals surface area (Å²) < 4.78 is 17.0. The first-order valence-electron chi connectivity index (χ1n) is 10.3. The van der Waals surface area contributed by atoms with Crippen molar-refractivity contribution < 1.29 is 19.0 Å². The lowest BCUT2D eigenvalue weighted by Gasteiger charge is -2.16. The van der Waals surface area contributed by atoms with Gasteiger partial charge in [0.15, 0.2) is 11.5 Å². The molecule has 4 rings (SSSR count). The van der Waals surface area contributed by atoms with Gasteiger partial charge in [-0.2, -0.15) is 0 Å². The highest BCUT2D eigenvalue weighted by atomic mass is 32.1. The molecule has 4 aromatic rings. The van der Waals surface area contributed by atoms with Crippen molar-refractivity contribution in [1.82, 2.24) is 4.98 Å². The number of nitrogens with one attached hydrogen (secondary N) is 1. The molecule has 33 heavy (non-hydrogen) atoms. The number of carbonyl (C=O) groups excluding carboxylic acids is 1. The number of rotatable bonds is 8. The summed E-state index contributed by atoms with van der Waals surface area (Å²) in [6, 6.07) is 20.7. The SMILES string of the molecule is COc1cc(C(=O)Nc2cccc(-c3csc(C)n3)c2)cc(OC)c1OCc1ccccc1. The maximum atomic E-state index is 13.0. The molecular weight excluding hydrogens is 436 g/mol. The first-order valence-corrected chi connectivity index (χ1v) is 11.2. The Morgan fingerprint density at radius 1 is 0.970 bits per heavy atom. The third-order valence-corrected chi connectivity index (χ3v) is 5.76. The summed E-state index contributed by atoms with van der Waals surface area (Å²) in [4.78, 5) is 17.5. The Hall–Kier alpha value is -3.84. The molecule has 7 heteroatoms. The van der Waals surface area contributed by atoms with Crippen LogP contribution in [0.15, 0.2) is 72.1 Å². The average Bonchev–Trinajstić information content (AvgIpc) is 3.29. The molecule has 0 spiro atoms. The van der Waals surface area contributed by atoms with Crippen LogP contribution in [0.1, 0.15) is 20.9 Å². The molecule has 1 heterocycles. The lowest BCUT2D eigenvalue weighted by molar-refractivity contribution is 0.102. The smallest absolute Gasteiger partial charge is 0.255 e. The van der Waals surface area contributed by atoms with Crippen molar-refractivity contribution in [2.45, 2.75) is 13.5 Å². The number of hydrogen-bond acceptors (Lipinski definition) is 6. The molecule has 0 unspecified atom stereocenters. The molecular formula is C26H24N2O4S. The Bertz CT molecular complexity index is 1230. The van der Waals surface area contributed by atoms with Gasteiger partial charge in [-0.15, -0.1) is 11.3 Å². The van der Waals surface area contributed by atoms with Crippen molar-refractivity contribution in [2.24, 2.45) is 0 Å². The van der Waals surface area contributed by atoms with E-state index in [-0.39, 0.29) is 5.91 Å². The van der Waals surface area contributed by atoms with Crippen molar-refractivity contribution in [1.29, 1.82) is 0 Å². The summed E-state index contributed by atoms with van der Waals surface area (Å²) in [6.45, 7) is 2.32. The number of aryl methyl sites for hydroxylation is 1. The molecule has 1 N–H and O–H groups in total. The van der Waals surface area contributed by atoms with E-state index in [1.54, 1.807) is 23.5 Å². The van der Waals surface area contributed by atoms with Gasteiger partial charge in [-0.25, -0.2) is 4.98 Å². The van der Waals surface area contributed by atoms with Gasteiger partial charge in [-0.1, -0.05) is 42.5 Å². The van der Waals surface area contributed by atoms with Gasteiger partial charge in [0, 0.05) is 22.2 Å². The molecule has 168 valence electrons. The number of amides is 1. The lowest BCUT2D eigenvalue weighted by Crippen LogP contribution is -2.13. The topological polar surface area (TPSA) is 69.7 Å². The van der Waals surface area contributed by atoms with Gasteiger partial charge in [-0.05, 0) is 36.8 Å². The molecule has 0 aliphatic carbocycles. The molecule has 1 amide bonds. The van der Waals surface area contributed by atoms with Crippen molar-refractivity contribution in [3.8, 4) is 28.5 Å². The maximum Gasteiger partial charge on any atom is 0.255 e. The van der Waals surface area contributed by atoms with Crippen LogP contribution in [0.2, 0.25) is 0 Å². The molecule has 0 aliphatic rings. The molecule has 0 fully saturated rings. The van der Waals surface area contributed by atoms with Gasteiger partial charge in [-0.3, -0.25) is 4.79 Å². The molecule has 0 bridgehead atoms.